The molecule has 1 N–H and O–H groups in total. The summed E-state index contributed by atoms with van der Waals surface area (Å²) in [6.07, 6.45) is -9.55. The van der Waals surface area contributed by atoms with Crippen molar-refractivity contribution in [3.8, 4) is 11.3 Å². The van der Waals surface area contributed by atoms with E-state index in [1.165, 1.54) is 0 Å². The molecule has 0 atom stereocenters. The number of nitrogens with zero attached hydrogens (tertiary/aromatic N) is 3. The molecule has 2 aromatic carbocycles. The lowest BCUT2D eigenvalue weighted by Crippen LogP contribution is -2.16. The molecule has 0 fully saturated rings. The largest absolute Gasteiger partial charge is 0.433 e. The van der Waals surface area contributed by atoms with Crippen molar-refractivity contribution in [2.24, 2.45) is 0 Å². The van der Waals surface area contributed by atoms with Crippen molar-refractivity contribution in [2.75, 3.05) is 5.32 Å². The fraction of sp³-hybridized carbons (Fsp3) is 0.0952. The lowest BCUT2D eigenvalue weighted by Gasteiger charge is -2.11. The minimum atomic E-state index is -4.85. The van der Waals surface area contributed by atoms with E-state index in [1.807, 2.05) is 0 Å². The Hall–Kier alpha value is -3.12. The second-order valence-electron chi connectivity index (χ2n) is 6.93. The molecule has 2 aromatic heterocycles. The maximum absolute atomic E-state index is 13.8. The molecule has 0 aliphatic carbocycles. The van der Waals surface area contributed by atoms with Gasteiger partial charge in [-0.1, -0.05) is 41.9 Å². The maximum Gasteiger partial charge on any atom is 0.433 e. The highest BCUT2D eigenvalue weighted by molar-refractivity contribution is 9.10. The number of hydrogen-bond acceptors (Lipinski definition) is 3. The van der Waals surface area contributed by atoms with Gasteiger partial charge in [0.25, 0.3) is 5.91 Å². The third-order valence-electron chi connectivity index (χ3n) is 4.65. The summed E-state index contributed by atoms with van der Waals surface area (Å²) in [5.41, 5.74) is -3.13. The van der Waals surface area contributed by atoms with Crippen molar-refractivity contribution in [3.63, 3.8) is 0 Å². The fourth-order valence-corrected chi connectivity index (χ4v) is 3.76. The van der Waals surface area contributed by atoms with E-state index in [0.717, 1.165) is 18.2 Å². The van der Waals surface area contributed by atoms with Crippen LogP contribution >= 0.6 is 27.5 Å². The summed E-state index contributed by atoms with van der Waals surface area (Å²) in [5.74, 6) is -1.09. The third-order valence-corrected chi connectivity index (χ3v) is 5.71. The van der Waals surface area contributed by atoms with Crippen molar-refractivity contribution in [1.82, 2.24) is 14.6 Å². The molecule has 0 aliphatic rings. The summed E-state index contributed by atoms with van der Waals surface area (Å²) in [6.45, 7) is 0. The number of fused-ring (bicyclic) bond motifs is 1. The van der Waals surface area contributed by atoms with Crippen LogP contribution in [0.25, 0.3) is 16.9 Å². The average Bonchev–Trinajstić information content (AvgIpc) is 3.10. The van der Waals surface area contributed by atoms with Crippen molar-refractivity contribution in [1.29, 1.82) is 0 Å². The van der Waals surface area contributed by atoms with E-state index in [9.17, 15) is 31.1 Å². The van der Waals surface area contributed by atoms with Gasteiger partial charge in [-0.15, -0.1) is 0 Å². The second-order valence-corrected chi connectivity index (χ2v) is 8.14. The van der Waals surface area contributed by atoms with Crippen LogP contribution in [0, 0.1) is 0 Å². The maximum atomic E-state index is 13.8. The van der Waals surface area contributed by atoms with Gasteiger partial charge < -0.3 is 5.32 Å². The Morgan fingerprint density at radius 2 is 1.65 bits per heavy atom. The summed E-state index contributed by atoms with van der Waals surface area (Å²) in [6, 6.07) is 11.1. The van der Waals surface area contributed by atoms with Crippen LogP contribution in [0.3, 0.4) is 0 Å². The molecule has 0 spiro atoms. The molecule has 2 heterocycles. The summed E-state index contributed by atoms with van der Waals surface area (Å²) >= 11 is 8.94. The lowest BCUT2D eigenvalue weighted by atomic mass is 10.1. The molecular weight excluding hydrogens is 554 g/mol. The van der Waals surface area contributed by atoms with Crippen LogP contribution in [0.1, 0.15) is 21.7 Å². The summed E-state index contributed by atoms with van der Waals surface area (Å²) < 4.78 is 80.6. The SMILES string of the molecule is O=C(Nc1cc(C(F)(F)F)ccc1Cl)c1nn2c(C(F)(F)F)cc(-c3ccccc3)nc2c1Br. The second kappa shape index (κ2) is 8.58. The van der Waals surface area contributed by atoms with E-state index < -0.39 is 35.2 Å². The summed E-state index contributed by atoms with van der Waals surface area (Å²) in [4.78, 5) is 17.0. The van der Waals surface area contributed by atoms with Gasteiger partial charge in [-0.3, -0.25) is 4.79 Å². The number of benzene rings is 2. The Bertz CT molecular complexity index is 1400. The molecule has 13 heteroatoms. The van der Waals surface area contributed by atoms with Gasteiger partial charge in [0.2, 0.25) is 0 Å². The smallest absolute Gasteiger partial charge is 0.319 e. The number of carbonyl (C=O) groups is 1. The van der Waals surface area contributed by atoms with E-state index in [1.54, 1.807) is 30.3 Å². The number of halogens is 8. The van der Waals surface area contributed by atoms with E-state index in [4.69, 9.17) is 11.6 Å². The van der Waals surface area contributed by atoms with E-state index in [0.29, 0.717) is 16.1 Å². The molecule has 0 aliphatic heterocycles. The molecule has 0 radical (unpaired) electrons. The lowest BCUT2D eigenvalue weighted by molar-refractivity contribution is -0.142. The van der Waals surface area contributed by atoms with E-state index >= 15 is 0 Å². The molecule has 4 rings (SSSR count). The summed E-state index contributed by atoms with van der Waals surface area (Å²) in [5, 5.41) is 5.67. The molecule has 1 amide bonds. The van der Waals surface area contributed by atoms with Gasteiger partial charge in [-0.05, 0) is 40.2 Å². The van der Waals surface area contributed by atoms with Crippen LogP contribution in [0.4, 0.5) is 32.0 Å². The molecule has 34 heavy (non-hydrogen) atoms. The highest BCUT2D eigenvalue weighted by Gasteiger charge is 2.37. The quantitative estimate of drug-likeness (QED) is 0.271. The zero-order valence-electron chi connectivity index (χ0n) is 16.5. The van der Waals surface area contributed by atoms with Crippen LogP contribution in [0.15, 0.2) is 59.1 Å². The summed E-state index contributed by atoms with van der Waals surface area (Å²) in [7, 11) is 0. The average molecular weight is 564 g/mol. The Kier molecular flexibility index (Phi) is 6.06. The van der Waals surface area contributed by atoms with Crippen LogP contribution in [-0.2, 0) is 12.4 Å². The molecular formula is C21H10BrClF6N4O. The normalized spacial score (nSPS) is 12.2. The standard InChI is InChI=1S/C21H10BrClF6N4O/c22-16-17(19(34)31-14-8-11(20(24,25)26)6-7-12(14)23)32-33-15(21(27,28)29)9-13(30-18(16)33)10-4-2-1-3-5-10/h1-9H,(H,31,34). The van der Waals surface area contributed by atoms with Crippen LogP contribution in [0.2, 0.25) is 5.02 Å². The van der Waals surface area contributed by atoms with Crippen LogP contribution in [-0.4, -0.2) is 20.5 Å². The predicted molar refractivity (Wildman–Crippen MR) is 116 cm³/mol. The molecule has 0 saturated heterocycles. The number of carbonyl (C=O) groups excluding carboxylic acids is 1. The first-order valence-corrected chi connectivity index (χ1v) is 10.4. The Morgan fingerprint density at radius 3 is 2.26 bits per heavy atom. The minimum absolute atomic E-state index is 0.0195. The van der Waals surface area contributed by atoms with Crippen molar-refractivity contribution < 1.29 is 31.1 Å². The van der Waals surface area contributed by atoms with Gasteiger partial charge in [0.15, 0.2) is 17.0 Å². The van der Waals surface area contributed by atoms with Gasteiger partial charge in [0.05, 0.1) is 26.4 Å². The van der Waals surface area contributed by atoms with Crippen LogP contribution in [0.5, 0.6) is 0 Å². The first kappa shape index (κ1) is 24.0. The van der Waals surface area contributed by atoms with Gasteiger partial charge in [0, 0.05) is 5.56 Å². The Balaban J connectivity index is 1.82. The number of rotatable bonds is 3. The molecule has 176 valence electrons. The molecule has 0 saturated carbocycles. The number of alkyl halides is 6. The predicted octanol–water partition coefficient (Wildman–Crippen LogP) is 7.10. The zero-order valence-corrected chi connectivity index (χ0v) is 18.8. The van der Waals surface area contributed by atoms with Crippen molar-refractivity contribution in [3.05, 3.63) is 81.0 Å². The first-order valence-electron chi connectivity index (χ1n) is 9.26. The molecule has 5 nitrogen and oxygen atoms in total. The number of nitrogens with one attached hydrogen (secondary N) is 1. The monoisotopic (exact) mass is 562 g/mol. The van der Waals surface area contributed by atoms with E-state index in [-0.39, 0.29) is 26.5 Å². The fourth-order valence-electron chi connectivity index (χ4n) is 3.07. The molecule has 0 bridgehead atoms. The molecule has 4 aromatic rings. The van der Waals surface area contributed by atoms with Crippen LogP contribution < -0.4 is 5.32 Å². The Morgan fingerprint density at radius 1 is 0.971 bits per heavy atom. The van der Waals surface area contributed by atoms with Gasteiger partial charge in [-0.2, -0.15) is 31.4 Å². The van der Waals surface area contributed by atoms with Gasteiger partial charge >= 0.3 is 12.4 Å². The third kappa shape index (κ3) is 4.60. The van der Waals surface area contributed by atoms with Gasteiger partial charge in [0.1, 0.15) is 0 Å². The molecule has 0 unspecified atom stereocenters. The number of aromatic nitrogens is 3. The highest BCUT2D eigenvalue weighted by Crippen LogP contribution is 2.36. The number of hydrogen-bond donors (Lipinski definition) is 1. The Labute approximate surface area is 200 Å². The minimum Gasteiger partial charge on any atom is -0.319 e. The first-order chi connectivity index (χ1) is 15.9. The zero-order chi connectivity index (χ0) is 24.8. The van der Waals surface area contributed by atoms with Crippen molar-refractivity contribution >= 4 is 44.8 Å². The highest BCUT2D eigenvalue weighted by atomic mass is 79.9. The van der Waals surface area contributed by atoms with Gasteiger partial charge in [-0.25, -0.2) is 9.50 Å². The topological polar surface area (TPSA) is 59.3 Å². The van der Waals surface area contributed by atoms with E-state index in [2.05, 4.69) is 31.3 Å². The van der Waals surface area contributed by atoms with Crippen molar-refractivity contribution in [2.45, 2.75) is 12.4 Å². The number of anilines is 1. The number of amides is 1.